The van der Waals surface area contributed by atoms with Crippen LogP contribution in [-0.4, -0.2) is 9.55 Å². The lowest BCUT2D eigenvalue weighted by Crippen LogP contribution is -1.95. The molecule has 10 rings (SSSR count). The van der Waals surface area contributed by atoms with Gasteiger partial charge in [0.1, 0.15) is 0 Å². The summed E-state index contributed by atoms with van der Waals surface area (Å²) in [5.74, 6) is 0. The highest BCUT2D eigenvalue weighted by Crippen LogP contribution is 2.49. The minimum atomic E-state index is 1.17. The van der Waals surface area contributed by atoms with E-state index in [1.165, 1.54) is 91.4 Å². The molecular weight excluding hydrogens is 516 g/mol. The van der Waals surface area contributed by atoms with Crippen molar-refractivity contribution >= 4 is 85.9 Å². The van der Waals surface area contributed by atoms with E-state index >= 15 is 0 Å². The van der Waals surface area contributed by atoms with Crippen LogP contribution in [0.5, 0.6) is 0 Å². The lowest BCUT2D eigenvalue weighted by Gasteiger charge is -2.11. The molecule has 190 valence electrons. The maximum absolute atomic E-state index is 3.84. The maximum atomic E-state index is 3.84. The van der Waals surface area contributed by atoms with E-state index in [-0.39, 0.29) is 0 Å². The van der Waals surface area contributed by atoms with Crippen molar-refractivity contribution < 1.29 is 0 Å². The minimum Gasteiger partial charge on any atom is -0.353 e. The van der Waals surface area contributed by atoms with E-state index in [0.717, 1.165) is 0 Å². The molecule has 0 saturated carbocycles. The molecular formula is C38H22N2S. The van der Waals surface area contributed by atoms with Crippen LogP contribution in [0, 0.1) is 0 Å². The monoisotopic (exact) mass is 538 g/mol. The Bertz CT molecular complexity index is 2490. The number of hydrogen-bond acceptors (Lipinski definition) is 1. The number of nitrogens with zero attached hydrogens (tertiary/aromatic N) is 1. The highest BCUT2D eigenvalue weighted by molar-refractivity contribution is 7.26. The summed E-state index contributed by atoms with van der Waals surface area (Å²) in [7, 11) is 0. The van der Waals surface area contributed by atoms with Gasteiger partial charge in [-0.2, -0.15) is 0 Å². The van der Waals surface area contributed by atoms with Crippen molar-refractivity contribution in [2.45, 2.75) is 0 Å². The largest absolute Gasteiger partial charge is 0.353 e. The Balaban J connectivity index is 1.48. The summed E-state index contributed by atoms with van der Waals surface area (Å²) in [5, 5.41) is 10.5. The molecule has 0 aliphatic rings. The number of nitrogens with one attached hydrogen (secondary N) is 1. The molecule has 3 aromatic heterocycles. The Kier molecular flexibility index (Phi) is 4.10. The van der Waals surface area contributed by atoms with Crippen LogP contribution in [0.4, 0.5) is 0 Å². The fraction of sp³-hybridized carbons (Fsp3) is 0. The van der Waals surface area contributed by atoms with Crippen molar-refractivity contribution in [1.82, 2.24) is 9.55 Å². The quantitative estimate of drug-likeness (QED) is 0.211. The molecule has 0 fully saturated rings. The summed E-state index contributed by atoms with van der Waals surface area (Å²) in [6.45, 7) is 0. The van der Waals surface area contributed by atoms with Crippen LogP contribution in [0.2, 0.25) is 0 Å². The molecule has 0 unspecified atom stereocenters. The Morgan fingerprint density at radius 3 is 2.10 bits per heavy atom. The van der Waals surface area contributed by atoms with Crippen molar-refractivity contribution in [1.29, 1.82) is 0 Å². The average Bonchev–Trinajstić information content (AvgIpc) is 3.70. The fourth-order valence-electron chi connectivity index (χ4n) is 7.08. The number of thiophene rings is 1. The maximum Gasteiger partial charge on any atom is 0.0789 e. The molecule has 0 bridgehead atoms. The number of hydrogen-bond donors (Lipinski definition) is 1. The van der Waals surface area contributed by atoms with Gasteiger partial charge < -0.3 is 9.55 Å². The zero-order chi connectivity index (χ0) is 26.7. The first kappa shape index (κ1) is 21.7. The Morgan fingerprint density at radius 2 is 1.22 bits per heavy atom. The Hall–Kier alpha value is -5.12. The van der Waals surface area contributed by atoms with Crippen LogP contribution in [0.25, 0.3) is 91.4 Å². The van der Waals surface area contributed by atoms with Crippen molar-refractivity contribution in [3.63, 3.8) is 0 Å². The molecule has 0 aliphatic heterocycles. The molecule has 10 aromatic rings. The summed E-state index contributed by atoms with van der Waals surface area (Å²) in [5.41, 5.74) is 8.55. The lowest BCUT2D eigenvalue weighted by molar-refractivity contribution is 1.19. The van der Waals surface area contributed by atoms with E-state index in [0.29, 0.717) is 0 Å². The minimum absolute atomic E-state index is 1.17. The van der Waals surface area contributed by atoms with Crippen LogP contribution in [0.3, 0.4) is 0 Å². The summed E-state index contributed by atoms with van der Waals surface area (Å²) in [4.78, 5) is 3.84. The molecule has 0 radical (unpaired) electrons. The van der Waals surface area contributed by atoms with Crippen LogP contribution < -0.4 is 0 Å². The number of benzene rings is 7. The second kappa shape index (κ2) is 7.75. The predicted molar refractivity (Wildman–Crippen MR) is 177 cm³/mol. The SMILES string of the molecule is c1ccc(-c2cccc(-n3c4c5[nH]c6ccccc6c5cc5ccc6cc7c8ccccc8sc7c3c6c54)c2)cc1. The topological polar surface area (TPSA) is 20.7 Å². The van der Waals surface area contributed by atoms with Gasteiger partial charge in [0.25, 0.3) is 0 Å². The van der Waals surface area contributed by atoms with Gasteiger partial charge in [-0.15, -0.1) is 11.3 Å². The second-order valence-corrected chi connectivity index (χ2v) is 12.1. The van der Waals surface area contributed by atoms with Gasteiger partial charge in [0.15, 0.2) is 0 Å². The summed E-state index contributed by atoms with van der Waals surface area (Å²) < 4.78 is 5.22. The van der Waals surface area contributed by atoms with E-state index in [1.807, 2.05) is 11.3 Å². The Labute approximate surface area is 239 Å². The number of H-pyrrole nitrogens is 1. The number of aromatic nitrogens is 2. The first-order chi connectivity index (χ1) is 20.3. The zero-order valence-corrected chi connectivity index (χ0v) is 22.8. The molecule has 0 aliphatic carbocycles. The summed E-state index contributed by atoms with van der Waals surface area (Å²) in [6.07, 6.45) is 0. The summed E-state index contributed by atoms with van der Waals surface area (Å²) in [6, 6.07) is 46.7. The standard InChI is InChI=1S/C38H22N2S/c1-2-9-22(10-3-1)23-11-8-12-26(19-23)40-36-33-24(20-29-27-13-4-6-15-31(27)39-35(29)36)17-18-25-21-30-28-14-5-7-16-32(28)41-38(30)37(40)34(25)33/h1-21,39H. The van der Waals surface area contributed by atoms with Crippen molar-refractivity contribution in [2.24, 2.45) is 0 Å². The molecule has 0 amide bonds. The van der Waals surface area contributed by atoms with Crippen molar-refractivity contribution in [3.8, 4) is 16.8 Å². The lowest BCUT2D eigenvalue weighted by atomic mass is 9.98. The third-order valence-corrected chi connectivity index (χ3v) is 10.0. The number of para-hydroxylation sites is 1. The fourth-order valence-corrected chi connectivity index (χ4v) is 8.31. The second-order valence-electron chi connectivity index (χ2n) is 11.0. The smallest absolute Gasteiger partial charge is 0.0789 e. The summed E-state index contributed by atoms with van der Waals surface area (Å²) >= 11 is 1.91. The molecule has 3 heteroatoms. The van der Waals surface area contributed by atoms with E-state index < -0.39 is 0 Å². The zero-order valence-electron chi connectivity index (χ0n) is 22.0. The van der Waals surface area contributed by atoms with Crippen molar-refractivity contribution in [3.05, 3.63) is 127 Å². The molecule has 0 spiro atoms. The average molecular weight is 539 g/mol. The van der Waals surface area contributed by atoms with E-state index in [4.69, 9.17) is 0 Å². The first-order valence-electron chi connectivity index (χ1n) is 14.0. The number of aromatic amines is 1. The van der Waals surface area contributed by atoms with Gasteiger partial charge in [-0.1, -0.05) is 91.0 Å². The predicted octanol–water partition coefficient (Wildman–Crippen LogP) is 11.0. The first-order valence-corrected chi connectivity index (χ1v) is 14.8. The van der Waals surface area contributed by atoms with Crippen LogP contribution in [0.1, 0.15) is 0 Å². The van der Waals surface area contributed by atoms with Gasteiger partial charge in [-0.25, -0.2) is 0 Å². The third-order valence-electron chi connectivity index (χ3n) is 8.83. The van der Waals surface area contributed by atoms with E-state index in [2.05, 4.69) is 137 Å². The van der Waals surface area contributed by atoms with Crippen LogP contribution in [0.15, 0.2) is 127 Å². The molecule has 2 nitrogen and oxygen atoms in total. The highest BCUT2D eigenvalue weighted by Gasteiger charge is 2.24. The van der Waals surface area contributed by atoms with E-state index in [9.17, 15) is 0 Å². The number of fused-ring (bicyclic) bond motifs is 8. The molecule has 0 atom stereocenters. The van der Waals surface area contributed by atoms with Crippen LogP contribution in [-0.2, 0) is 0 Å². The van der Waals surface area contributed by atoms with Gasteiger partial charge in [0.05, 0.1) is 21.3 Å². The number of rotatable bonds is 2. The van der Waals surface area contributed by atoms with Gasteiger partial charge in [0, 0.05) is 48.2 Å². The Morgan fingerprint density at radius 1 is 0.512 bits per heavy atom. The molecule has 1 N–H and O–H groups in total. The normalized spacial score (nSPS) is 12.4. The van der Waals surface area contributed by atoms with Gasteiger partial charge in [-0.05, 0) is 58.3 Å². The van der Waals surface area contributed by atoms with Crippen LogP contribution >= 0.6 is 11.3 Å². The van der Waals surface area contributed by atoms with Gasteiger partial charge >= 0.3 is 0 Å². The van der Waals surface area contributed by atoms with E-state index in [1.54, 1.807) is 0 Å². The molecule has 3 heterocycles. The van der Waals surface area contributed by atoms with Crippen molar-refractivity contribution in [2.75, 3.05) is 0 Å². The third kappa shape index (κ3) is 2.81. The molecule has 0 saturated heterocycles. The van der Waals surface area contributed by atoms with Gasteiger partial charge in [0.2, 0.25) is 0 Å². The molecule has 7 aromatic carbocycles. The van der Waals surface area contributed by atoms with Gasteiger partial charge in [-0.3, -0.25) is 0 Å². The highest BCUT2D eigenvalue weighted by atomic mass is 32.1. The molecule has 41 heavy (non-hydrogen) atoms.